The highest BCUT2D eigenvalue weighted by Crippen LogP contribution is 2.21. The Kier molecular flexibility index (Phi) is 7.46. The molecule has 1 aromatic heterocycles. The number of primary amides is 1. The number of rotatable bonds is 10. The summed E-state index contributed by atoms with van der Waals surface area (Å²) in [6.45, 7) is 1.27. The summed E-state index contributed by atoms with van der Waals surface area (Å²) in [4.78, 5) is 10.4. The summed E-state index contributed by atoms with van der Waals surface area (Å²) in [5.41, 5.74) is 4.90. The van der Waals surface area contributed by atoms with Crippen LogP contribution in [0.25, 0.3) is 0 Å². The second-order valence-electron chi connectivity index (χ2n) is 3.64. The molecular weight excluding hydrogens is 278 g/mol. The highest BCUT2D eigenvalue weighted by molar-refractivity contribution is 7.98. The first-order valence-corrected chi connectivity index (χ1v) is 6.67. The van der Waals surface area contributed by atoms with Crippen LogP contribution in [0.2, 0.25) is 0 Å². The number of halogens is 2. The van der Waals surface area contributed by atoms with E-state index in [1.54, 1.807) is 12.1 Å². The Balaban J connectivity index is 2.11. The van der Waals surface area contributed by atoms with Crippen LogP contribution in [0.5, 0.6) is 0 Å². The molecule has 0 aliphatic carbocycles. The van der Waals surface area contributed by atoms with Crippen molar-refractivity contribution in [3.8, 4) is 0 Å². The van der Waals surface area contributed by atoms with Gasteiger partial charge in [-0.05, 0) is 12.1 Å². The summed E-state index contributed by atoms with van der Waals surface area (Å²) < 4.78 is 34.2. The minimum absolute atomic E-state index is 0.0998. The molecule has 5 nitrogen and oxygen atoms in total. The van der Waals surface area contributed by atoms with Gasteiger partial charge in [-0.2, -0.15) is 8.78 Å². The zero-order valence-electron chi connectivity index (χ0n) is 10.2. The predicted molar refractivity (Wildman–Crippen MR) is 67.7 cm³/mol. The number of thioether (sulfide) groups is 1. The zero-order chi connectivity index (χ0) is 14.1. The average molecular weight is 294 g/mol. The minimum atomic E-state index is -2.39. The van der Waals surface area contributed by atoms with E-state index in [-0.39, 0.29) is 12.4 Å². The van der Waals surface area contributed by atoms with Crippen LogP contribution in [-0.4, -0.2) is 31.4 Å². The number of ether oxygens (including phenoxy) is 1. The number of furan rings is 1. The fourth-order valence-corrected chi connectivity index (χ4v) is 1.71. The molecule has 0 aliphatic rings. The largest absolute Gasteiger partial charge is 0.464 e. The molecule has 19 heavy (non-hydrogen) atoms. The lowest BCUT2D eigenvalue weighted by Crippen LogP contribution is -2.23. The molecule has 8 heteroatoms. The van der Waals surface area contributed by atoms with E-state index in [2.05, 4.69) is 5.32 Å². The molecule has 0 saturated heterocycles. The van der Waals surface area contributed by atoms with Gasteiger partial charge in [0.25, 0.3) is 5.76 Å². The fraction of sp³-hybridized carbons (Fsp3) is 0.545. The standard InChI is InChI=1S/C11H16F2N2O3S/c12-11(13)19-7-9-2-1-8(18-9)5-15-3-4-17-6-10(14)16/h1-2,11,15H,3-7H2,(H2,14,16). The number of hydrogen-bond acceptors (Lipinski definition) is 5. The molecule has 0 unspecified atom stereocenters. The summed E-state index contributed by atoms with van der Waals surface area (Å²) in [6.07, 6.45) is 0. The molecule has 0 saturated carbocycles. The predicted octanol–water partition coefficient (Wildman–Crippen LogP) is 1.33. The van der Waals surface area contributed by atoms with Crippen molar-refractivity contribution in [3.63, 3.8) is 0 Å². The van der Waals surface area contributed by atoms with Crippen molar-refractivity contribution >= 4 is 17.7 Å². The normalized spacial score (nSPS) is 11.1. The second kappa shape index (κ2) is 8.89. The number of alkyl halides is 2. The zero-order valence-corrected chi connectivity index (χ0v) is 11.1. The maximum Gasteiger partial charge on any atom is 0.284 e. The van der Waals surface area contributed by atoms with Crippen LogP contribution in [0, 0.1) is 0 Å². The quantitative estimate of drug-likeness (QED) is 0.637. The van der Waals surface area contributed by atoms with Gasteiger partial charge in [0, 0.05) is 6.54 Å². The van der Waals surface area contributed by atoms with Gasteiger partial charge in [0.15, 0.2) is 0 Å². The molecule has 0 spiro atoms. The summed E-state index contributed by atoms with van der Waals surface area (Å²) in [5.74, 6) is -1.56. The smallest absolute Gasteiger partial charge is 0.284 e. The highest BCUT2D eigenvalue weighted by Gasteiger charge is 2.07. The van der Waals surface area contributed by atoms with Crippen molar-refractivity contribution in [1.29, 1.82) is 0 Å². The van der Waals surface area contributed by atoms with Crippen molar-refractivity contribution in [2.75, 3.05) is 19.8 Å². The van der Waals surface area contributed by atoms with Gasteiger partial charge >= 0.3 is 0 Å². The number of amides is 1. The van der Waals surface area contributed by atoms with Crippen LogP contribution in [-0.2, 0) is 21.8 Å². The first kappa shape index (κ1) is 15.9. The van der Waals surface area contributed by atoms with Gasteiger partial charge in [0.1, 0.15) is 18.1 Å². The number of nitrogens with two attached hydrogens (primary N) is 1. The highest BCUT2D eigenvalue weighted by atomic mass is 32.2. The Bertz CT molecular complexity index is 388. The molecule has 108 valence electrons. The Morgan fingerprint density at radius 2 is 2.21 bits per heavy atom. The van der Waals surface area contributed by atoms with E-state index in [0.29, 0.717) is 43.0 Å². The van der Waals surface area contributed by atoms with Crippen LogP contribution in [0.1, 0.15) is 11.5 Å². The average Bonchev–Trinajstić information content (AvgIpc) is 2.78. The SMILES string of the molecule is NC(=O)COCCNCc1ccc(CSC(F)F)o1. The Morgan fingerprint density at radius 3 is 2.89 bits per heavy atom. The van der Waals surface area contributed by atoms with Gasteiger partial charge in [-0.3, -0.25) is 4.79 Å². The lowest BCUT2D eigenvalue weighted by Gasteiger charge is -2.03. The Morgan fingerprint density at radius 1 is 1.47 bits per heavy atom. The number of carbonyl (C=O) groups excluding carboxylic acids is 1. The van der Waals surface area contributed by atoms with Gasteiger partial charge in [-0.15, -0.1) is 0 Å². The molecule has 0 aromatic carbocycles. The van der Waals surface area contributed by atoms with Gasteiger partial charge in [0.2, 0.25) is 5.91 Å². The molecule has 1 aromatic rings. The van der Waals surface area contributed by atoms with Crippen molar-refractivity contribution < 1.29 is 22.7 Å². The molecule has 0 fully saturated rings. The van der Waals surface area contributed by atoms with E-state index < -0.39 is 11.7 Å². The monoisotopic (exact) mass is 294 g/mol. The van der Waals surface area contributed by atoms with Crippen LogP contribution in [0.3, 0.4) is 0 Å². The van der Waals surface area contributed by atoms with E-state index in [1.165, 1.54) is 0 Å². The van der Waals surface area contributed by atoms with Gasteiger partial charge in [0.05, 0.1) is 18.9 Å². The van der Waals surface area contributed by atoms with E-state index in [4.69, 9.17) is 14.9 Å². The fourth-order valence-electron chi connectivity index (χ4n) is 1.27. The molecule has 1 rings (SSSR count). The summed E-state index contributed by atoms with van der Waals surface area (Å²) in [5, 5.41) is 3.03. The lowest BCUT2D eigenvalue weighted by atomic mass is 10.4. The van der Waals surface area contributed by atoms with Crippen molar-refractivity contribution in [1.82, 2.24) is 5.32 Å². The molecular formula is C11H16F2N2O3S. The van der Waals surface area contributed by atoms with Crippen molar-refractivity contribution in [3.05, 3.63) is 23.7 Å². The topological polar surface area (TPSA) is 77.5 Å². The van der Waals surface area contributed by atoms with Crippen LogP contribution < -0.4 is 11.1 Å². The van der Waals surface area contributed by atoms with Crippen LogP contribution >= 0.6 is 11.8 Å². The number of nitrogens with one attached hydrogen (secondary N) is 1. The number of hydrogen-bond donors (Lipinski definition) is 2. The Hall–Kier alpha value is -1.12. The maximum absolute atomic E-state index is 12.0. The molecule has 1 amide bonds. The third-order valence-electron chi connectivity index (χ3n) is 2.04. The van der Waals surface area contributed by atoms with Crippen molar-refractivity contribution in [2.45, 2.75) is 18.1 Å². The van der Waals surface area contributed by atoms with Gasteiger partial charge < -0.3 is 20.2 Å². The third kappa shape index (κ3) is 7.81. The molecule has 0 aliphatic heterocycles. The van der Waals surface area contributed by atoms with E-state index in [9.17, 15) is 13.6 Å². The molecule has 3 N–H and O–H groups in total. The molecule has 0 bridgehead atoms. The Labute approximate surface area is 113 Å². The first-order chi connectivity index (χ1) is 9.08. The lowest BCUT2D eigenvalue weighted by molar-refractivity contribution is -0.122. The molecule has 1 heterocycles. The number of carbonyl (C=O) groups is 1. The van der Waals surface area contributed by atoms with Crippen molar-refractivity contribution in [2.24, 2.45) is 5.73 Å². The third-order valence-corrected chi connectivity index (χ3v) is 2.74. The van der Waals surface area contributed by atoms with Crippen LogP contribution in [0.4, 0.5) is 8.78 Å². The summed E-state index contributed by atoms with van der Waals surface area (Å²) >= 11 is 0.524. The molecule has 0 radical (unpaired) electrons. The second-order valence-corrected chi connectivity index (χ2v) is 4.61. The van der Waals surface area contributed by atoms with E-state index in [0.717, 1.165) is 0 Å². The first-order valence-electron chi connectivity index (χ1n) is 5.62. The maximum atomic E-state index is 12.0. The summed E-state index contributed by atoms with van der Waals surface area (Å²) in [6, 6.07) is 3.41. The van der Waals surface area contributed by atoms with Gasteiger partial charge in [-0.1, -0.05) is 11.8 Å². The molecule has 0 atom stereocenters. The van der Waals surface area contributed by atoms with E-state index >= 15 is 0 Å². The summed E-state index contributed by atoms with van der Waals surface area (Å²) in [7, 11) is 0. The van der Waals surface area contributed by atoms with Gasteiger partial charge in [-0.25, -0.2) is 0 Å². The van der Waals surface area contributed by atoms with Crippen LogP contribution in [0.15, 0.2) is 16.5 Å². The van der Waals surface area contributed by atoms with E-state index in [1.807, 2.05) is 0 Å². The minimum Gasteiger partial charge on any atom is -0.464 e.